The van der Waals surface area contributed by atoms with E-state index in [1.807, 2.05) is 0 Å². The van der Waals surface area contributed by atoms with Crippen LogP contribution < -0.4 is 10.6 Å². The molecule has 6 nitrogen and oxygen atoms in total. The molecule has 146 valence electrons. The van der Waals surface area contributed by atoms with Crippen LogP contribution in [0.5, 0.6) is 0 Å². The van der Waals surface area contributed by atoms with E-state index < -0.39 is 35.7 Å². The fourth-order valence-electron chi connectivity index (χ4n) is 2.32. The van der Waals surface area contributed by atoms with Crippen LogP contribution in [0.25, 0.3) is 0 Å². The van der Waals surface area contributed by atoms with Gasteiger partial charge in [-0.2, -0.15) is 0 Å². The quantitative estimate of drug-likeness (QED) is 0.567. The van der Waals surface area contributed by atoms with E-state index in [9.17, 15) is 23.2 Å². The average Bonchev–Trinajstić information content (AvgIpc) is 3.47. The molecule has 2 N–H and O–H groups in total. The molecule has 0 atom stereocenters. The third-order valence-corrected chi connectivity index (χ3v) is 4.20. The fraction of sp³-hybridized carbons (Fsp3) is 0.211. The molecule has 2 aromatic rings. The summed E-state index contributed by atoms with van der Waals surface area (Å²) in [4.78, 5) is 35.9. The van der Waals surface area contributed by atoms with E-state index >= 15 is 0 Å². The molecule has 0 radical (unpaired) electrons. The molecule has 0 spiro atoms. The highest BCUT2D eigenvalue weighted by Crippen LogP contribution is 2.21. The van der Waals surface area contributed by atoms with Gasteiger partial charge in [-0.05, 0) is 43.2 Å². The molecule has 9 heteroatoms. The highest BCUT2D eigenvalue weighted by atomic mass is 35.5. The molecule has 1 saturated carbocycles. The van der Waals surface area contributed by atoms with Crippen molar-refractivity contribution in [3.8, 4) is 0 Å². The van der Waals surface area contributed by atoms with Crippen LogP contribution in [0.15, 0.2) is 36.4 Å². The predicted octanol–water partition coefficient (Wildman–Crippen LogP) is 3.31. The maximum atomic E-state index is 13.2. The minimum absolute atomic E-state index is 0.202. The van der Waals surface area contributed by atoms with Gasteiger partial charge >= 0.3 is 5.97 Å². The zero-order valence-electron chi connectivity index (χ0n) is 14.4. The van der Waals surface area contributed by atoms with E-state index in [-0.39, 0.29) is 17.0 Å². The molecule has 0 heterocycles. The van der Waals surface area contributed by atoms with Crippen molar-refractivity contribution in [3.05, 3.63) is 64.2 Å². The van der Waals surface area contributed by atoms with E-state index in [1.165, 1.54) is 6.07 Å². The number of nitrogens with one attached hydrogen (secondary N) is 2. The third-order valence-electron chi connectivity index (χ3n) is 3.89. The zero-order chi connectivity index (χ0) is 20.3. The minimum Gasteiger partial charge on any atom is -0.452 e. The average molecular weight is 409 g/mol. The second-order valence-electron chi connectivity index (χ2n) is 6.20. The smallest absolute Gasteiger partial charge is 0.340 e. The second-order valence-corrected chi connectivity index (χ2v) is 6.61. The molecule has 1 aliphatic carbocycles. The van der Waals surface area contributed by atoms with Crippen molar-refractivity contribution in [2.45, 2.75) is 18.9 Å². The molecule has 2 aromatic carbocycles. The molecule has 0 unspecified atom stereocenters. The van der Waals surface area contributed by atoms with E-state index in [4.69, 9.17) is 16.3 Å². The Morgan fingerprint density at radius 3 is 2.54 bits per heavy atom. The lowest BCUT2D eigenvalue weighted by molar-refractivity contribution is -0.119. The van der Waals surface area contributed by atoms with Crippen LogP contribution in [0.3, 0.4) is 0 Å². The van der Waals surface area contributed by atoms with Gasteiger partial charge in [-0.3, -0.25) is 9.59 Å². The summed E-state index contributed by atoms with van der Waals surface area (Å²) in [6.45, 7) is -0.674. The Kier molecular flexibility index (Phi) is 5.89. The first-order valence-corrected chi connectivity index (χ1v) is 8.73. The summed E-state index contributed by atoms with van der Waals surface area (Å²) in [7, 11) is 0. The van der Waals surface area contributed by atoms with Crippen LogP contribution in [0.4, 0.5) is 14.5 Å². The zero-order valence-corrected chi connectivity index (χ0v) is 15.2. The normalized spacial score (nSPS) is 13.0. The molecule has 1 fully saturated rings. The first-order chi connectivity index (χ1) is 13.3. The SMILES string of the molecule is O=C(COC(=O)c1cc(F)c(F)cc1Cl)Nc1cccc(C(=O)NC2CC2)c1. The summed E-state index contributed by atoms with van der Waals surface area (Å²) >= 11 is 5.68. The van der Waals surface area contributed by atoms with Crippen molar-refractivity contribution in [2.24, 2.45) is 0 Å². The summed E-state index contributed by atoms with van der Waals surface area (Å²) in [5, 5.41) is 4.98. The number of rotatable bonds is 6. The number of ether oxygens (including phenoxy) is 1. The van der Waals surface area contributed by atoms with E-state index in [2.05, 4.69) is 10.6 Å². The number of esters is 1. The van der Waals surface area contributed by atoms with Crippen LogP contribution >= 0.6 is 11.6 Å². The first-order valence-electron chi connectivity index (χ1n) is 8.36. The minimum atomic E-state index is -1.26. The molecular weight excluding hydrogens is 394 g/mol. The number of hydrogen-bond donors (Lipinski definition) is 2. The van der Waals surface area contributed by atoms with Crippen LogP contribution in [0.1, 0.15) is 33.6 Å². The Morgan fingerprint density at radius 2 is 1.82 bits per heavy atom. The van der Waals surface area contributed by atoms with Gasteiger partial charge in [0.15, 0.2) is 18.2 Å². The lowest BCUT2D eigenvalue weighted by atomic mass is 10.2. The summed E-state index contributed by atoms with van der Waals surface area (Å²) < 4.78 is 31.0. The van der Waals surface area contributed by atoms with Gasteiger partial charge in [0.25, 0.3) is 11.8 Å². The molecule has 3 rings (SSSR count). The Labute approximate surface area is 163 Å². The Balaban J connectivity index is 1.56. The van der Waals surface area contributed by atoms with Crippen molar-refractivity contribution < 1.29 is 27.9 Å². The second kappa shape index (κ2) is 8.35. The van der Waals surface area contributed by atoms with Crippen LogP contribution in [-0.4, -0.2) is 30.4 Å². The van der Waals surface area contributed by atoms with Gasteiger partial charge in [0.2, 0.25) is 0 Å². The Morgan fingerprint density at radius 1 is 1.11 bits per heavy atom. The van der Waals surface area contributed by atoms with Gasteiger partial charge in [0, 0.05) is 17.3 Å². The Hall–Kier alpha value is -3.00. The maximum Gasteiger partial charge on any atom is 0.340 e. The third kappa shape index (κ3) is 5.04. The summed E-state index contributed by atoms with van der Waals surface area (Å²) in [6, 6.07) is 7.71. The lowest BCUT2D eigenvalue weighted by Gasteiger charge is -2.09. The number of carbonyl (C=O) groups excluding carboxylic acids is 3. The molecule has 0 saturated heterocycles. The van der Waals surface area contributed by atoms with Gasteiger partial charge in [-0.15, -0.1) is 0 Å². The monoisotopic (exact) mass is 408 g/mol. The summed E-state index contributed by atoms with van der Waals surface area (Å²) in [5.74, 6) is -4.45. The van der Waals surface area contributed by atoms with Gasteiger partial charge in [0.05, 0.1) is 10.6 Å². The number of halogens is 3. The molecule has 0 aliphatic heterocycles. The number of amides is 2. The van der Waals surface area contributed by atoms with Crippen molar-refractivity contribution in [1.82, 2.24) is 5.32 Å². The van der Waals surface area contributed by atoms with Crippen LogP contribution in [0.2, 0.25) is 5.02 Å². The molecule has 1 aliphatic rings. The van der Waals surface area contributed by atoms with E-state index in [0.717, 1.165) is 12.8 Å². The molecule has 28 heavy (non-hydrogen) atoms. The topological polar surface area (TPSA) is 84.5 Å². The highest BCUT2D eigenvalue weighted by Gasteiger charge is 2.24. The highest BCUT2D eigenvalue weighted by molar-refractivity contribution is 6.33. The lowest BCUT2D eigenvalue weighted by Crippen LogP contribution is -2.25. The maximum absolute atomic E-state index is 13.2. The number of carbonyl (C=O) groups is 3. The van der Waals surface area contributed by atoms with Crippen LogP contribution in [0, 0.1) is 11.6 Å². The largest absolute Gasteiger partial charge is 0.452 e. The predicted molar refractivity (Wildman–Crippen MR) is 97.2 cm³/mol. The van der Waals surface area contributed by atoms with E-state index in [0.29, 0.717) is 23.4 Å². The standard InChI is InChI=1S/C19H15ClF2N2O4/c20-14-8-16(22)15(21)7-13(14)19(27)28-9-17(25)23-12-3-1-2-10(6-12)18(26)24-11-4-5-11/h1-3,6-8,11H,4-5,9H2,(H,23,25)(H,24,26). The van der Waals surface area contributed by atoms with Crippen molar-refractivity contribution in [2.75, 3.05) is 11.9 Å². The van der Waals surface area contributed by atoms with Crippen molar-refractivity contribution >= 4 is 35.1 Å². The Bertz CT molecular complexity index is 948. The molecule has 2 amide bonds. The fourth-order valence-corrected chi connectivity index (χ4v) is 2.55. The number of benzene rings is 2. The van der Waals surface area contributed by atoms with Crippen LogP contribution in [-0.2, 0) is 9.53 Å². The molecule has 0 bridgehead atoms. The summed E-state index contributed by atoms with van der Waals surface area (Å²) in [5.41, 5.74) is 0.331. The molecular formula is C19H15ClF2N2O4. The van der Waals surface area contributed by atoms with E-state index in [1.54, 1.807) is 18.2 Å². The number of anilines is 1. The van der Waals surface area contributed by atoms with Gasteiger partial charge in [-0.1, -0.05) is 17.7 Å². The number of hydrogen-bond acceptors (Lipinski definition) is 4. The van der Waals surface area contributed by atoms with Crippen molar-refractivity contribution in [3.63, 3.8) is 0 Å². The van der Waals surface area contributed by atoms with Gasteiger partial charge in [-0.25, -0.2) is 13.6 Å². The first kappa shape index (κ1) is 19.8. The summed E-state index contributed by atoms with van der Waals surface area (Å²) in [6.07, 6.45) is 1.91. The van der Waals surface area contributed by atoms with Crippen molar-refractivity contribution in [1.29, 1.82) is 0 Å². The molecule has 0 aromatic heterocycles. The van der Waals surface area contributed by atoms with Gasteiger partial charge < -0.3 is 15.4 Å². The van der Waals surface area contributed by atoms with Gasteiger partial charge in [0.1, 0.15) is 0 Å².